The minimum absolute atomic E-state index is 0.169. The Morgan fingerprint density at radius 1 is 1.12 bits per heavy atom. The second-order valence-corrected chi connectivity index (χ2v) is 7.14. The number of halogens is 1. The van der Waals surface area contributed by atoms with Gasteiger partial charge in [0, 0.05) is 11.1 Å². The van der Waals surface area contributed by atoms with Crippen molar-refractivity contribution in [3.63, 3.8) is 0 Å². The molecule has 0 aliphatic heterocycles. The van der Waals surface area contributed by atoms with E-state index >= 15 is 0 Å². The van der Waals surface area contributed by atoms with Crippen LogP contribution in [0.2, 0.25) is 5.02 Å². The van der Waals surface area contributed by atoms with Crippen LogP contribution in [0, 0.1) is 10.1 Å². The van der Waals surface area contributed by atoms with E-state index in [1.54, 1.807) is 31.2 Å². The molecule has 9 heteroatoms. The van der Waals surface area contributed by atoms with Crippen LogP contribution in [0.25, 0.3) is 0 Å². The van der Waals surface area contributed by atoms with Gasteiger partial charge in [-0.05, 0) is 48.9 Å². The van der Waals surface area contributed by atoms with Gasteiger partial charge < -0.3 is 9.47 Å². The Morgan fingerprint density at radius 3 is 2.50 bits per heavy atom. The van der Waals surface area contributed by atoms with Crippen LogP contribution in [0.5, 0.6) is 11.5 Å². The predicted molar refractivity (Wildman–Crippen MR) is 121 cm³/mol. The molecule has 0 aliphatic rings. The van der Waals surface area contributed by atoms with Crippen LogP contribution in [0.15, 0.2) is 77.9 Å². The number of hydrazone groups is 1. The molecule has 0 spiro atoms. The third kappa shape index (κ3) is 6.55. The Labute approximate surface area is 189 Å². The molecule has 8 nitrogen and oxygen atoms in total. The summed E-state index contributed by atoms with van der Waals surface area (Å²) in [4.78, 5) is 22.7. The predicted octanol–water partition coefficient (Wildman–Crippen LogP) is 4.74. The number of nitrogens with zero attached hydrogens (tertiary/aromatic N) is 2. The van der Waals surface area contributed by atoms with Gasteiger partial charge in [0.05, 0.1) is 16.7 Å². The van der Waals surface area contributed by atoms with E-state index < -0.39 is 16.9 Å². The summed E-state index contributed by atoms with van der Waals surface area (Å²) in [5.41, 5.74) is 3.35. The molecule has 0 unspecified atom stereocenters. The number of rotatable bonds is 9. The fraction of sp³-hybridized carbons (Fsp3) is 0.130. The van der Waals surface area contributed by atoms with Crippen LogP contribution in [-0.4, -0.2) is 23.1 Å². The van der Waals surface area contributed by atoms with Gasteiger partial charge in [0.25, 0.3) is 11.6 Å². The van der Waals surface area contributed by atoms with Gasteiger partial charge in [0.1, 0.15) is 18.1 Å². The van der Waals surface area contributed by atoms with Crippen molar-refractivity contribution < 1.29 is 19.2 Å². The van der Waals surface area contributed by atoms with Crippen LogP contribution in [0.4, 0.5) is 5.69 Å². The SMILES string of the molecule is C[C@H](Oc1ccc(OCc2ccccc2)cc1)C(=O)N/N=C\c1cc(Cl)ccc1[N+](=O)[O-]. The lowest BCUT2D eigenvalue weighted by molar-refractivity contribution is -0.385. The molecule has 0 saturated carbocycles. The lowest BCUT2D eigenvalue weighted by Gasteiger charge is -2.13. The lowest BCUT2D eigenvalue weighted by Crippen LogP contribution is -2.33. The van der Waals surface area contributed by atoms with Gasteiger partial charge >= 0.3 is 0 Å². The molecule has 3 rings (SSSR count). The van der Waals surface area contributed by atoms with Crippen molar-refractivity contribution in [3.8, 4) is 11.5 Å². The molecule has 0 saturated heterocycles. The van der Waals surface area contributed by atoms with Crippen LogP contribution in [-0.2, 0) is 11.4 Å². The largest absolute Gasteiger partial charge is 0.489 e. The van der Waals surface area contributed by atoms with Gasteiger partial charge in [-0.15, -0.1) is 0 Å². The molecule has 0 heterocycles. The van der Waals surface area contributed by atoms with Crippen LogP contribution in [0.3, 0.4) is 0 Å². The summed E-state index contributed by atoms with van der Waals surface area (Å²) in [6, 6.07) is 20.7. The third-order valence-corrected chi connectivity index (χ3v) is 4.55. The van der Waals surface area contributed by atoms with E-state index in [1.165, 1.54) is 18.2 Å². The Morgan fingerprint density at radius 2 is 1.81 bits per heavy atom. The number of carbonyl (C=O) groups excluding carboxylic acids is 1. The Bertz CT molecular complexity index is 1100. The first-order chi connectivity index (χ1) is 15.4. The smallest absolute Gasteiger partial charge is 0.280 e. The minimum Gasteiger partial charge on any atom is -0.489 e. The Kier molecular flexibility index (Phi) is 7.77. The van der Waals surface area contributed by atoms with Crippen molar-refractivity contribution in [3.05, 3.63) is 99.1 Å². The number of amides is 1. The zero-order chi connectivity index (χ0) is 22.9. The Hall–Kier alpha value is -3.91. The summed E-state index contributed by atoms with van der Waals surface area (Å²) >= 11 is 5.87. The molecule has 0 bridgehead atoms. The monoisotopic (exact) mass is 453 g/mol. The third-order valence-electron chi connectivity index (χ3n) is 4.32. The molecule has 1 amide bonds. The van der Waals surface area contributed by atoms with Crippen molar-refractivity contribution in [1.82, 2.24) is 5.43 Å². The summed E-state index contributed by atoms with van der Waals surface area (Å²) < 4.78 is 11.3. The zero-order valence-corrected chi connectivity index (χ0v) is 17.9. The van der Waals surface area contributed by atoms with Gasteiger partial charge in [-0.1, -0.05) is 41.9 Å². The average Bonchev–Trinajstić information content (AvgIpc) is 2.79. The van der Waals surface area contributed by atoms with E-state index in [2.05, 4.69) is 10.5 Å². The summed E-state index contributed by atoms with van der Waals surface area (Å²) in [5.74, 6) is 0.635. The number of nitro groups is 1. The first-order valence-corrected chi connectivity index (χ1v) is 10.0. The maximum Gasteiger partial charge on any atom is 0.280 e. The highest BCUT2D eigenvalue weighted by atomic mass is 35.5. The molecule has 32 heavy (non-hydrogen) atoms. The van der Waals surface area contributed by atoms with E-state index in [-0.39, 0.29) is 11.3 Å². The molecule has 1 atom stereocenters. The van der Waals surface area contributed by atoms with E-state index in [9.17, 15) is 14.9 Å². The molecule has 164 valence electrons. The lowest BCUT2D eigenvalue weighted by atomic mass is 10.2. The normalized spacial score (nSPS) is 11.7. The molecule has 0 aromatic heterocycles. The van der Waals surface area contributed by atoms with Crippen molar-refractivity contribution in [2.24, 2.45) is 5.10 Å². The molecule has 0 aliphatic carbocycles. The maximum absolute atomic E-state index is 12.2. The van der Waals surface area contributed by atoms with Crippen molar-refractivity contribution in [2.75, 3.05) is 0 Å². The standard InChI is InChI=1S/C23H20ClN3O5/c1-16(23(28)26-25-14-18-13-19(24)7-12-22(18)27(29)30)32-21-10-8-20(9-11-21)31-15-17-5-3-2-4-6-17/h2-14,16H,15H2,1H3,(H,26,28)/b25-14-/t16-/m0/s1. The summed E-state index contributed by atoms with van der Waals surface area (Å²) in [6.07, 6.45) is 0.311. The first-order valence-electron chi connectivity index (χ1n) is 9.62. The van der Waals surface area contributed by atoms with Crippen LogP contribution in [0.1, 0.15) is 18.1 Å². The van der Waals surface area contributed by atoms with Gasteiger partial charge in [-0.25, -0.2) is 5.43 Å². The fourth-order valence-corrected chi connectivity index (χ4v) is 2.84. The molecule has 0 radical (unpaired) electrons. The van der Waals surface area contributed by atoms with Crippen molar-refractivity contribution in [1.29, 1.82) is 0 Å². The number of nitrogens with one attached hydrogen (secondary N) is 1. The highest BCUT2D eigenvalue weighted by Gasteiger charge is 2.15. The highest BCUT2D eigenvalue weighted by molar-refractivity contribution is 6.31. The number of nitro benzene ring substituents is 1. The molecule has 1 N–H and O–H groups in total. The Balaban J connectivity index is 1.51. The molecule has 0 fully saturated rings. The molecule has 3 aromatic rings. The first kappa shape index (κ1) is 22.8. The topological polar surface area (TPSA) is 103 Å². The zero-order valence-electron chi connectivity index (χ0n) is 17.1. The van der Waals surface area contributed by atoms with E-state index in [4.69, 9.17) is 21.1 Å². The number of ether oxygens (including phenoxy) is 2. The van der Waals surface area contributed by atoms with Crippen molar-refractivity contribution >= 4 is 29.4 Å². The van der Waals surface area contributed by atoms with E-state index in [0.29, 0.717) is 23.1 Å². The second kappa shape index (κ2) is 10.9. The van der Waals surface area contributed by atoms with E-state index in [0.717, 1.165) is 11.8 Å². The molecular formula is C23H20ClN3O5. The maximum atomic E-state index is 12.2. The average molecular weight is 454 g/mol. The number of hydrogen-bond acceptors (Lipinski definition) is 6. The fourth-order valence-electron chi connectivity index (χ4n) is 2.66. The van der Waals surface area contributed by atoms with Gasteiger partial charge in [-0.2, -0.15) is 5.10 Å². The quantitative estimate of drug-likeness (QED) is 0.286. The molecule has 3 aromatic carbocycles. The number of hydrogen-bond donors (Lipinski definition) is 1. The van der Waals surface area contributed by atoms with Gasteiger partial charge in [0.15, 0.2) is 6.10 Å². The van der Waals surface area contributed by atoms with Crippen LogP contribution >= 0.6 is 11.6 Å². The van der Waals surface area contributed by atoms with Gasteiger partial charge in [0.2, 0.25) is 0 Å². The summed E-state index contributed by atoms with van der Waals surface area (Å²) in [7, 11) is 0. The summed E-state index contributed by atoms with van der Waals surface area (Å²) in [6.45, 7) is 2.01. The second-order valence-electron chi connectivity index (χ2n) is 6.70. The minimum atomic E-state index is -0.849. The summed E-state index contributed by atoms with van der Waals surface area (Å²) in [5, 5.41) is 15.1. The van der Waals surface area contributed by atoms with Crippen molar-refractivity contribution in [2.45, 2.75) is 19.6 Å². The van der Waals surface area contributed by atoms with Gasteiger partial charge in [-0.3, -0.25) is 14.9 Å². The number of carbonyl (C=O) groups is 1. The highest BCUT2D eigenvalue weighted by Crippen LogP contribution is 2.21. The number of benzene rings is 3. The van der Waals surface area contributed by atoms with Crippen LogP contribution < -0.4 is 14.9 Å². The van der Waals surface area contributed by atoms with E-state index in [1.807, 2.05) is 30.3 Å². The molecular weight excluding hydrogens is 434 g/mol.